The predicted octanol–water partition coefficient (Wildman–Crippen LogP) is 5.42. The van der Waals surface area contributed by atoms with Crippen molar-refractivity contribution in [3.05, 3.63) is 86.4 Å². The van der Waals surface area contributed by atoms with Gasteiger partial charge >= 0.3 is 12.0 Å². The van der Waals surface area contributed by atoms with Crippen LogP contribution in [-0.2, 0) is 12.7 Å². The molecule has 0 amide bonds. The molecule has 29 heavy (non-hydrogen) atoms. The number of rotatable bonds is 1. The quantitative estimate of drug-likeness (QED) is 0.331. The van der Waals surface area contributed by atoms with Gasteiger partial charge in [-0.25, -0.2) is 8.78 Å². The van der Waals surface area contributed by atoms with Crippen molar-refractivity contribution in [3.8, 4) is 5.69 Å². The van der Waals surface area contributed by atoms with Crippen LogP contribution in [0.25, 0.3) is 5.69 Å². The molecular weight excluding hydrogens is 481 g/mol. The Bertz CT molecular complexity index is 1160. The normalized spacial score (nSPS) is 13.4. The third-order valence-corrected chi connectivity index (χ3v) is 5.17. The van der Waals surface area contributed by atoms with Gasteiger partial charge in [-0.2, -0.15) is 17.7 Å². The first kappa shape index (κ1) is 19.9. The molecule has 4 rings (SSSR count). The van der Waals surface area contributed by atoms with E-state index in [1.165, 1.54) is 16.8 Å². The van der Waals surface area contributed by atoms with Gasteiger partial charge < -0.3 is 0 Å². The zero-order valence-electron chi connectivity index (χ0n) is 14.2. The predicted molar refractivity (Wildman–Crippen MR) is 99.2 cm³/mol. The first-order chi connectivity index (χ1) is 13.7. The fourth-order valence-electron chi connectivity index (χ4n) is 3.12. The van der Waals surface area contributed by atoms with Crippen molar-refractivity contribution in [2.45, 2.75) is 12.7 Å². The number of hydrogen-bond donors (Lipinski definition) is 0. The number of fused-ring (bicyclic) bond motifs is 3. The van der Waals surface area contributed by atoms with Gasteiger partial charge in [0.1, 0.15) is 34.5 Å². The van der Waals surface area contributed by atoms with Crippen molar-refractivity contribution in [2.24, 2.45) is 4.99 Å². The lowest BCUT2D eigenvalue weighted by molar-refractivity contribution is -0.608. The zero-order chi connectivity index (χ0) is 20.9. The highest BCUT2D eigenvalue weighted by molar-refractivity contribution is 9.10. The average molecular weight is 490 g/mol. The summed E-state index contributed by atoms with van der Waals surface area (Å²) in [4.78, 5) is 8.41. The molecule has 0 saturated carbocycles. The van der Waals surface area contributed by atoms with Gasteiger partial charge in [-0.05, 0) is 40.2 Å². The van der Waals surface area contributed by atoms with Gasteiger partial charge in [0.15, 0.2) is 6.20 Å². The number of halogens is 7. The Morgan fingerprint density at radius 3 is 2.38 bits per heavy atom. The second kappa shape index (κ2) is 7.14. The Morgan fingerprint density at radius 1 is 1.03 bits per heavy atom. The topological polar surface area (TPSA) is 29.1 Å². The summed E-state index contributed by atoms with van der Waals surface area (Å²) < 4.78 is 71.4. The number of nitrogens with zero attached hydrogens (tertiary/aromatic N) is 3. The maximum atomic E-state index is 14.5. The molecule has 1 aromatic heterocycles. The molecule has 0 fully saturated rings. The molecule has 3 nitrogen and oxygen atoms in total. The number of alkyl halides is 3. The van der Waals surface area contributed by atoms with Crippen LogP contribution in [0.1, 0.15) is 22.5 Å². The van der Waals surface area contributed by atoms with Crippen LogP contribution in [0.15, 0.2) is 52.2 Å². The summed E-state index contributed by atoms with van der Waals surface area (Å²) in [6, 6.07) is 5.16. The first-order valence-electron chi connectivity index (χ1n) is 8.14. The van der Waals surface area contributed by atoms with E-state index in [2.05, 4.69) is 25.9 Å². The third kappa shape index (κ3) is 3.42. The van der Waals surface area contributed by atoms with Gasteiger partial charge in [-0.1, -0.05) is 22.7 Å². The van der Waals surface area contributed by atoms with Crippen LogP contribution in [0.2, 0.25) is 5.02 Å². The van der Waals surface area contributed by atoms with E-state index >= 15 is 0 Å². The lowest BCUT2D eigenvalue weighted by Gasteiger charge is -2.16. The van der Waals surface area contributed by atoms with Gasteiger partial charge in [0.05, 0.1) is 27.4 Å². The van der Waals surface area contributed by atoms with E-state index < -0.39 is 34.0 Å². The van der Waals surface area contributed by atoms with E-state index in [4.69, 9.17) is 11.6 Å². The zero-order valence-corrected chi connectivity index (χ0v) is 16.6. The number of aliphatic imine (C=N–C) groups is 1. The summed E-state index contributed by atoms with van der Waals surface area (Å²) in [5.74, 6) is -1.57. The largest absolute Gasteiger partial charge is 0.417 e. The molecule has 0 aliphatic carbocycles. The minimum Gasteiger partial charge on any atom is -0.271 e. The van der Waals surface area contributed by atoms with Crippen LogP contribution in [0.4, 0.5) is 22.0 Å². The minimum atomic E-state index is -4.76. The number of benzene rings is 2. The Balaban J connectivity index is 2.12. The van der Waals surface area contributed by atoms with Crippen molar-refractivity contribution in [1.29, 1.82) is 0 Å². The minimum absolute atomic E-state index is 0.122. The Morgan fingerprint density at radius 2 is 1.72 bits per heavy atom. The molecule has 0 atom stereocenters. The summed E-state index contributed by atoms with van der Waals surface area (Å²) >= 11 is 9.41. The SMILES string of the molecule is Fc1cccc(F)c1C1=NCc2ncc(Br)c[n+]2-c2ccc(C(F)(F)F)c(Cl)c21. The van der Waals surface area contributed by atoms with Crippen molar-refractivity contribution < 1.29 is 26.5 Å². The van der Waals surface area contributed by atoms with Gasteiger partial charge in [0.25, 0.3) is 0 Å². The highest BCUT2D eigenvalue weighted by atomic mass is 79.9. The molecule has 2 heterocycles. The lowest BCUT2D eigenvalue weighted by atomic mass is 9.97. The average Bonchev–Trinajstić information content (AvgIpc) is 2.79. The Labute approximate surface area is 174 Å². The molecular formula is C19H9BrClF5N3+. The van der Waals surface area contributed by atoms with Crippen molar-refractivity contribution >= 4 is 33.2 Å². The van der Waals surface area contributed by atoms with Gasteiger partial charge in [0, 0.05) is 0 Å². The molecule has 0 saturated heterocycles. The number of aromatic nitrogens is 2. The molecule has 0 N–H and O–H groups in total. The maximum Gasteiger partial charge on any atom is 0.417 e. The third-order valence-electron chi connectivity index (χ3n) is 4.37. The van der Waals surface area contributed by atoms with E-state index in [1.807, 2.05) is 0 Å². The molecule has 3 aromatic rings. The summed E-state index contributed by atoms with van der Waals surface area (Å²) in [5, 5.41) is -0.697. The summed E-state index contributed by atoms with van der Waals surface area (Å²) in [7, 11) is 0. The second-order valence-electron chi connectivity index (χ2n) is 6.14. The van der Waals surface area contributed by atoms with Crippen molar-refractivity contribution in [1.82, 2.24) is 4.98 Å². The molecule has 1 aliphatic heterocycles. The molecule has 0 spiro atoms. The van der Waals surface area contributed by atoms with E-state index in [-0.39, 0.29) is 23.5 Å². The van der Waals surface area contributed by atoms with Crippen LogP contribution in [0.3, 0.4) is 0 Å². The van der Waals surface area contributed by atoms with Crippen molar-refractivity contribution in [3.63, 3.8) is 0 Å². The maximum absolute atomic E-state index is 14.5. The smallest absolute Gasteiger partial charge is 0.271 e. The highest BCUT2D eigenvalue weighted by Crippen LogP contribution is 2.39. The fourth-order valence-corrected chi connectivity index (χ4v) is 3.79. The molecule has 148 valence electrons. The number of hydrogen-bond acceptors (Lipinski definition) is 2. The first-order valence-corrected chi connectivity index (χ1v) is 9.31. The monoisotopic (exact) mass is 488 g/mol. The summed E-state index contributed by atoms with van der Waals surface area (Å²) in [5.41, 5.74) is -2.05. The highest BCUT2D eigenvalue weighted by Gasteiger charge is 2.38. The van der Waals surface area contributed by atoms with Gasteiger partial charge in [0.2, 0.25) is 0 Å². The molecule has 0 radical (unpaired) electrons. The summed E-state index contributed by atoms with van der Waals surface area (Å²) in [6.45, 7) is -0.122. The van der Waals surface area contributed by atoms with Crippen LogP contribution in [0, 0.1) is 11.6 Å². The van der Waals surface area contributed by atoms with Crippen LogP contribution in [-0.4, -0.2) is 10.7 Å². The van der Waals surface area contributed by atoms with Crippen LogP contribution >= 0.6 is 27.5 Å². The molecule has 0 unspecified atom stereocenters. The van der Waals surface area contributed by atoms with E-state index in [0.717, 1.165) is 24.3 Å². The van der Waals surface area contributed by atoms with Gasteiger partial charge in [-0.3, -0.25) is 4.99 Å². The molecule has 1 aliphatic rings. The van der Waals surface area contributed by atoms with E-state index in [9.17, 15) is 22.0 Å². The summed E-state index contributed by atoms with van der Waals surface area (Å²) in [6.07, 6.45) is -1.71. The second-order valence-corrected chi connectivity index (χ2v) is 7.43. The van der Waals surface area contributed by atoms with Gasteiger partial charge in [-0.15, -0.1) is 0 Å². The standard InChI is InChI=1S/C19H9BrClF5N3/c20-9-6-27-14-7-28-18(15-11(22)2-1-3-12(15)23)16-13(29(14)8-9)5-4-10(17(16)21)19(24,25)26/h1-6,8H,7H2/q+1. The fraction of sp³-hybridized carbons (Fsp3) is 0.105. The van der Waals surface area contributed by atoms with E-state index in [1.54, 1.807) is 6.20 Å². The van der Waals surface area contributed by atoms with Crippen molar-refractivity contribution in [2.75, 3.05) is 0 Å². The Hall–Kier alpha value is -2.39. The molecule has 0 bridgehead atoms. The lowest BCUT2D eigenvalue weighted by Crippen LogP contribution is -2.37. The van der Waals surface area contributed by atoms with Crippen LogP contribution < -0.4 is 4.57 Å². The van der Waals surface area contributed by atoms with E-state index in [0.29, 0.717) is 10.3 Å². The Kier molecular flexibility index (Phi) is 4.90. The molecule has 10 heteroatoms. The molecule has 2 aromatic carbocycles. The van der Waals surface area contributed by atoms with Crippen LogP contribution in [0.5, 0.6) is 0 Å².